The van der Waals surface area contributed by atoms with E-state index >= 15 is 0 Å². The van der Waals surface area contributed by atoms with Crippen LogP contribution in [0.4, 0.5) is 0 Å². The zero-order valence-corrected chi connectivity index (χ0v) is 10.9. The van der Waals surface area contributed by atoms with Crippen molar-refractivity contribution in [2.45, 2.75) is 52.2 Å². The fraction of sp³-hybridized carbons (Fsp3) is 1.00. The second-order valence-electron chi connectivity index (χ2n) is 4.06. The summed E-state index contributed by atoms with van der Waals surface area (Å²) in [4.78, 5) is 0. The zero-order chi connectivity index (χ0) is 11.7. The van der Waals surface area contributed by atoms with Crippen molar-refractivity contribution in [1.29, 1.82) is 0 Å². The topological polar surface area (TPSA) is 30.5 Å². The second kappa shape index (κ2) is 8.08. The minimum absolute atomic E-state index is 0.135. The third kappa shape index (κ3) is 4.96. The Labute approximate surface area is 94.5 Å². The van der Waals surface area contributed by atoms with E-state index in [4.69, 9.17) is 9.47 Å². The third-order valence-electron chi connectivity index (χ3n) is 2.99. The van der Waals surface area contributed by atoms with E-state index < -0.39 is 0 Å². The van der Waals surface area contributed by atoms with E-state index in [1.807, 2.05) is 0 Å². The first-order valence-corrected chi connectivity index (χ1v) is 6.00. The molecule has 92 valence electrons. The largest absolute Gasteiger partial charge is 0.380 e. The van der Waals surface area contributed by atoms with E-state index in [-0.39, 0.29) is 11.6 Å². The zero-order valence-electron chi connectivity index (χ0n) is 10.9. The average Bonchev–Trinajstić information content (AvgIpc) is 2.27. The van der Waals surface area contributed by atoms with Gasteiger partial charge in [-0.25, -0.2) is 0 Å². The highest BCUT2D eigenvalue weighted by atomic mass is 16.5. The summed E-state index contributed by atoms with van der Waals surface area (Å²) in [6.07, 6.45) is 2.05. The Morgan fingerprint density at radius 1 is 1.27 bits per heavy atom. The first-order chi connectivity index (χ1) is 7.14. The first-order valence-electron chi connectivity index (χ1n) is 6.00. The molecule has 0 bridgehead atoms. The molecule has 0 aromatic carbocycles. The molecule has 0 aromatic heterocycles. The Kier molecular flexibility index (Phi) is 8.02. The second-order valence-corrected chi connectivity index (χ2v) is 4.06. The number of ether oxygens (including phenoxy) is 2. The summed E-state index contributed by atoms with van der Waals surface area (Å²) >= 11 is 0. The van der Waals surface area contributed by atoms with Crippen LogP contribution in [0, 0.1) is 0 Å². The molecule has 3 nitrogen and oxygen atoms in total. The van der Waals surface area contributed by atoms with Crippen molar-refractivity contribution in [3.05, 3.63) is 0 Å². The molecule has 3 heteroatoms. The van der Waals surface area contributed by atoms with E-state index in [1.165, 1.54) is 0 Å². The van der Waals surface area contributed by atoms with Gasteiger partial charge in [-0.1, -0.05) is 20.8 Å². The Morgan fingerprint density at radius 2 is 1.93 bits per heavy atom. The van der Waals surface area contributed by atoms with Gasteiger partial charge < -0.3 is 14.8 Å². The fourth-order valence-electron chi connectivity index (χ4n) is 1.58. The lowest BCUT2D eigenvalue weighted by Crippen LogP contribution is -2.52. The summed E-state index contributed by atoms with van der Waals surface area (Å²) in [6, 6.07) is 0.268. The molecule has 0 aliphatic heterocycles. The lowest BCUT2D eigenvalue weighted by molar-refractivity contribution is -0.0534. The molecule has 0 heterocycles. The monoisotopic (exact) mass is 217 g/mol. The van der Waals surface area contributed by atoms with Crippen LogP contribution in [0.1, 0.15) is 40.5 Å². The van der Waals surface area contributed by atoms with E-state index in [1.54, 1.807) is 7.11 Å². The summed E-state index contributed by atoms with van der Waals surface area (Å²) in [5, 5.41) is 3.43. The van der Waals surface area contributed by atoms with Crippen LogP contribution in [0.2, 0.25) is 0 Å². The molecule has 0 aliphatic rings. The number of rotatable bonds is 9. The predicted molar refractivity (Wildman–Crippen MR) is 64.3 cm³/mol. The van der Waals surface area contributed by atoms with E-state index in [2.05, 4.69) is 33.0 Å². The van der Waals surface area contributed by atoms with E-state index in [0.29, 0.717) is 0 Å². The standard InChI is InChI=1S/C12H27NO2/c1-6-9-15-10-11(13-8-3)12(4,7-2)14-5/h11,13H,6-10H2,1-5H3. The van der Waals surface area contributed by atoms with Crippen molar-refractivity contribution in [2.75, 3.05) is 26.9 Å². The van der Waals surface area contributed by atoms with Gasteiger partial charge >= 0.3 is 0 Å². The van der Waals surface area contributed by atoms with Crippen molar-refractivity contribution < 1.29 is 9.47 Å². The molecule has 0 radical (unpaired) electrons. The highest BCUT2D eigenvalue weighted by Crippen LogP contribution is 2.19. The number of likely N-dealkylation sites (N-methyl/N-ethyl adjacent to an activating group) is 1. The molecule has 0 fully saturated rings. The smallest absolute Gasteiger partial charge is 0.0822 e. The fourth-order valence-corrected chi connectivity index (χ4v) is 1.58. The van der Waals surface area contributed by atoms with E-state index in [0.717, 1.165) is 32.6 Å². The molecule has 0 rings (SSSR count). The summed E-state index contributed by atoms with van der Waals surface area (Å²) in [5.41, 5.74) is -0.135. The lowest BCUT2D eigenvalue weighted by Gasteiger charge is -2.36. The maximum Gasteiger partial charge on any atom is 0.0822 e. The van der Waals surface area contributed by atoms with Crippen LogP contribution in [0.5, 0.6) is 0 Å². The Balaban J connectivity index is 4.21. The molecule has 2 atom stereocenters. The van der Waals surface area contributed by atoms with Crippen LogP contribution in [0.25, 0.3) is 0 Å². The van der Waals surface area contributed by atoms with Crippen molar-refractivity contribution >= 4 is 0 Å². The Hall–Kier alpha value is -0.120. The molecule has 0 saturated carbocycles. The summed E-state index contributed by atoms with van der Waals surface area (Å²) < 4.78 is 11.2. The Bertz CT molecular complexity index is 147. The molecule has 2 unspecified atom stereocenters. The molecular formula is C12H27NO2. The van der Waals surface area contributed by atoms with Crippen LogP contribution in [-0.2, 0) is 9.47 Å². The maximum absolute atomic E-state index is 5.60. The minimum Gasteiger partial charge on any atom is -0.380 e. The molecule has 0 aliphatic carbocycles. The number of hydrogen-bond acceptors (Lipinski definition) is 3. The van der Waals surface area contributed by atoms with Gasteiger partial charge in [0.15, 0.2) is 0 Å². The van der Waals surface area contributed by atoms with Crippen LogP contribution < -0.4 is 5.32 Å². The summed E-state index contributed by atoms with van der Waals surface area (Å²) in [5.74, 6) is 0. The minimum atomic E-state index is -0.135. The average molecular weight is 217 g/mol. The van der Waals surface area contributed by atoms with Crippen molar-refractivity contribution in [1.82, 2.24) is 5.32 Å². The molecule has 0 saturated heterocycles. The highest BCUT2D eigenvalue weighted by molar-refractivity contribution is 4.88. The molecule has 0 aromatic rings. The van der Waals surface area contributed by atoms with Gasteiger partial charge in [0.05, 0.1) is 18.2 Å². The highest BCUT2D eigenvalue weighted by Gasteiger charge is 2.31. The van der Waals surface area contributed by atoms with Gasteiger partial charge in [-0.15, -0.1) is 0 Å². The van der Waals surface area contributed by atoms with Crippen molar-refractivity contribution in [3.8, 4) is 0 Å². The molecule has 1 N–H and O–H groups in total. The molecule has 0 amide bonds. The van der Waals surface area contributed by atoms with Crippen molar-refractivity contribution in [2.24, 2.45) is 0 Å². The number of hydrogen-bond donors (Lipinski definition) is 1. The van der Waals surface area contributed by atoms with Gasteiger partial charge in [-0.05, 0) is 26.3 Å². The van der Waals surface area contributed by atoms with Crippen LogP contribution >= 0.6 is 0 Å². The first kappa shape index (κ1) is 14.9. The van der Waals surface area contributed by atoms with Gasteiger partial charge in [0, 0.05) is 13.7 Å². The molecule has 15 heavy (non-hydrogen) atoms. The van der Waals surface area contributed by atoms with Gasteiger partial charge in [0.1, 0.15) is 0 Å². The summed E-state index contributed by atoms with van der Waals surface area (Å²) in [6.45, 7) is 11.0. The molecule has 0 spiro atoms. The number of methoxy groups -OCH3 is 1. The van der Waals surface area contributed by atoms with Crippen LogP contribution in [0.3, 0.4) is 0 Å². The third-order valence-corrected chi connectivity index (χ3v) is 2.99. The molecular weight excluding hydrogens is 190 g/mol. The van der Waals surface area contributed by atoms with Gasteiger partial charge in [-0.2, -0.15) is 0 Å². The number of nitrogens with one attached hydrogen (secondary N) is 1. The maximum atomic E-state index is 5.60. The van der Waals surface area contributed by atoms with Gasteiger partial charge in [0.2, 0.25) is 0 Å². The summed E-state index contributed by atoms with van der Waals surface area (Å²) in [7, 11) is 1.77. The van der Waals surface area contributed by atoms with Crippen LogP contribution in [-0.4, -0.2) is 38.5 Å². The SMILES string of the molecule is CCCOCC(NCC)C(C)(CC)OC. The normalized spacial score (nSPS) is 17.4. The van der Waals surface area contributed by atoms with Crippen molar-refractivity contribution in [3.63, 3.8) is 0 Å². The van der Waals surface area contributed by atoms with Gasteiger partial charge in [0.25, 0.3) is 0 Å². The predicted octanol–water partition coefficient (Wildman–Crippen LogP) is 2.21. The van der Waals surface area contributed by atoms with E-state index in [9.17, 15) is 0 Å². The lowest BCUT2D eigenvalue weighted by atomic mass is 9.93. The van der Waals surface area contributed by atoms with Crippen LogP contribution in [0.15, 0.2) is 0 Å². The quantitative estimate of drug-likeness (QED) is 0.601. The Morgan fingerprint density at radius 3 is 2.33 bits per heavy atom. The van der Waals surface area contributed by atoms with Gasteiger partial charge in [-0.3, -0.25) is 0 Å².